The van der Waals surface area contributed by atoms with Crippen LogP contribution >= 0.6 is 0 Å². The molecular weight excluding hydrogens is 278 g/mol. The van der Waals surface area contributed by atoms with Gasteiger partial charge in [-0.3, -0.25) is 14.9 Å². The Morgan fingerprint density at radius 1 is 1.43 bits per heavy atom. The van der Waals surface area contributed by atoms with Crippen LogP contribution in [0.4, 0.5) is 5.69 Å². The lowest BCUT2D eigenvalue weighted by Gasteiger charge is -2.00. The van der Waals surface area contributed by atoms with Crippen molar-refractivity contribution in [2.24, 2.45) is 0 Å². The second-order valence-corrected chi connectivity index (χ2v) is 4.50. The Morgan fingerprint density at radius 2 is 2.19 bits per heavy atom. The molecule has 0 aliphatic heterocycles. The molecule has 110 valence electrons. The van der Waals surface area contributed by atoms with Crippen LogP contribution in [0.25, 0.3) is 11.5 Å². The number of hydrogen-bond donors (Lipinski definition) is 1. The molecule has 0 spiro atoms. The summed E-state index contributed by atoms with van der Waals surface area (Å²) >= 11 is 0. The number of rotatable bonds is 6. The van der Waals surface area contributed by atoms with Crippen LogP contribution in [-0.2, 0) is 11.2 Å². The van der Waals surface area contributed by atoms with E-state index in [9.17, 15) is 14.9 Å². The molecule has 1 heterocycles. The van der Waals surface area contributed by atoms with Crippen LogP contribution in [-0.4, -0.2) is 26.2 Å². The summed E-state index contributed by atoms with van der Waals surface area (Å²) in [4.78, 5) is 20.6. The Balaban J connectivity index is 2.14. The molecule has 0 atom stereocenters. The predicted octanol–water partition coefficient (Wildman–Crippen LogP) is 2.36. The number of aromatic nitrogens is 2. The van der Waals surface area contributed by atoms with E-state index in [1.807, 2.05) is 0 Å². The zero-order valence-corrected chi connectivity index (χ0v) is 11.3. The minimum atomic E-state index is -0.874. The van der Waals surface area contributed by atoms with E-state index in [1.54, 1.807) is 13.0 Å². The Labute approximate surface area is 119 Å². The van der Waals surface area contributed by atoms with Gasteiger partial charge in [0.1, 0.15) is 0 Å². The third-order valence-electron chi connectivity index (χ3n) is 2.90. The summed E-state index contributed by atoms with van der Waals surface area (Å²) in [5.41, 5.74) is 1.28. The quantitative estimate of drug-likeness (QED) is 0.640. The van der Waals surface area contributed by atoms with Gasteiger partial charge in [-0.15, -0.1) is 10.2 Å². The van der Waals surface area contributed by atoms with Crippen LogP contribution in [0.1, 0.15) is 24.3 Å². The van der Waals surface area contributed by atoms with E-state index in [-0.39, 0.29) is 18.0 Å². The zero-order chi connectivity index (χ0) is 15.4. The maximum atomic E-state index is 10.7. The maximum absolute atomic E-state index is 10.7. The predicted molar refractivity (Wildman–Crippen MR) is 71.7 cm³/mol. The molecule has 1 N–H and O–H groups in total. The number of nitrogens with zero attached hydrogens (tertiary/aromatic N) is 3. The Morgan fingerprint density at radius 3 is 2.81 bits per heavy atom. The molecule has 0 aliphatic rings. The molecule has 8 nitrogen and oxygen atoms in total. The summed E-state index contributed by atoms with van der Waals surface area (Å²) in [5.74, 6) is -0.252. The summed E-state index contributed by atoms with van der Waals surface area (Å²) in [6.07, 6.45) is 0.829. The standard InChI is InChI=1S/C13H13N3O5/c1-8-7-9(16(19)20)5-6-10(8)13-15-14-11(21-13)3-2-4-12(17)18/h5-7H,2-4H2,1H3,(H,17,18). The van der Waals surface area contributed by atoms with Gasteiger partial charge in [-0.05, 0) is 25.0 Å². The smallest absolute Gasteiger partial charge is 0.303 e. The topological polar surface area (TPSA) is 119 Å². The van der Waals surface area contributed by atoms with Crippen molar-refractivity contribution in [2.45, 2.75) is 26.2 Å². The van der Waals surface area contributed by atoms with Crippen molar-refractivity contribution >= 4 is 11.7 Å². The first kappa shape index (κ1) is 14.6. The van der Waals surface area contributed by atoms with E-state index < -0.39 is 10.9 Å². The molecule has 2 aromatic rings. The summed E-state index contributed by atoms with van der Waals surface area (Å²) in [7, 11) is 0. The van der Waals surface area contributed by atoms with E-state index in [0.29, 0.717) is 29.9 Å². The summed E-state index contributed by atoms with van der Waals surface area (Å²) < 4.78 is 5.45. The van der Waals surface area contributed by atoms with E-state index in [4.69, 9.17) is 9.52 Å². The fourth-order valence-corrected chi connectivity index (χ4v) is 1.86. The van der Waals surface area contributed by atoms with Gasteiger partial charge in [0.15, 0.2) is 0 Å². The van der Waals surface area contributed by atoms with Crippen LogP contribution in [0.5, 0.6) is 0 Å². The molecule has 2 rings (SSSR count). The molecule has 0 amide bonds. The number of aliphatic carboxylic acids is 1. The van der Waals surface area contributed by atoms with Crippen molar-refractivity contribution in [3.8, 4) is 11.5 Å². The SMILES string of the molecule is Cc1cc([N+](=O)[O-])ccc1-c1nnc(CCCC(=O)O)o1. The van der Waals surface area contributed by atoms with Gasteiger partial charge in [0.05, 0.1) is 4.92 Å². The largest absolute Gasteiger partial charge is 0.481 e. The van der Waals surface area contributed by atoms with E-state index in [1.165, 1.54) is 12.1 Å². The van der Waals surface area contributed by atoms with Gasteiger partial charge < -0.3 is 9.52 Å². The summed E-state index contributed by atoms with van der Waals surface area (Å²) in [6, 6.07) is 4.36. The van der Waals surface area contributed by atoms with Crippen molar-refractivity contribution in [3.05, 3.63) is 39.8 Å². The molecular formula is C13H13N3O5. The number of hydrogen-bond acceptors (Lipinski definition) is 6. The number of nitro benzene ring substituents is 1. The highest BCUT2D eigenvalue weighted by Crippen LogP contribution is 2.26. The maximum Gasteiger partial charge on any atom is 0.303 e. The van der Waals surface area contributed by atoms with Crippen LogP contribution < -0.4 is 0 Å². The van der Waals surface area contributed by atoms with Gasteiger partial charge in [0.25, 0.3) is 5.69 Å². The Kier molecular flexibility index (Phi) is 4.27. The average molecular weight is 291 g/mol. The minimum absolute atomic E-state index is 0.00236. The van der Waals surface area contributed by atoms with E-state index in [0.717, 1.165) is 0 Å². The first-order valence-electron chi connectivity index (χ1n) is 6.27. The molecule has 0 fully saturated rings. The molecule has 21 heavy (non-hydrogen) atoms. The molecule has 0 bridgehead atoms. The van der Waals surface area contributed by atoms with Crippen LogP contribution in [0.3, 0.4) is 0 Å². The zero-order valence-electron chi connectivity index (χ0n) is 11.3. The Hall–Kier alpha value is -2.77. The van der Waals surface area contributed by atoms with Gasteiger partial charge in [-0.25, -0.2) is 0 Å². The summed E-state index contributed by atoms with van der Waals surface area (Å²) in [6.45, 7) is 1.72. The van der Waals surface area contributed by atoms with Crippen molar-refractivity contribution in [1.29, 1.82) is 0 Å². The number of carbonyl (C=O) groups is 1. The first-order chi connectivity index (χ1) is 9.97. The lowest BCUT2D eigenvalue weighted by Crippen LogP contribution is -1.95. The monoisotopic (exact) mass is 291 g/mol. The molecule has 0 saturated heterocycles. The van der Waals surface area contributed by atoms with Crippen molar-refractivity contribution < 1.29 is 19.2 Å². The van der Waals surface area contributed by atoms with E-state index in [2.05, 4.69) is 10.2 Å². The van der Waals surface area contributed by atoms with Crippen LogP contribution in [0.15, 0.2) is 22.6 Å². The fraction of sp³-hybridized carbons (Fsp3) is 0.308. The number of aryl methyl sites for hydroxylation is 2. The minimum Gasteiger partial charge on any atom is -0.481 e. The third kappa shape index (κ3) is 3.62. The lowest BCUT2D eigenvalue weighted by atomic mass is 10.1. The van der Waals surface area contributed by atoms with Crippen LogP contribution in [0.2, 0.25) is 0 Å². The number of carboxylic acid groups (broad SMARTS) is 1. The highest BCUT2D eigenvalue weighted by Gasteiger charge is 2.14. The number of benzene rings is 1. The number of carboxylic acids is 1. The van der Waals surface area contributed by atoms with Crippen molar-refractivity contribution in [1.82, 2.24) is 10.2 Å². The number of non-ortho nitro benzene ring substituents is 1. The average Bonchev–Trinajstić information content (AvgIpc) is 2.86. The van der Waals surface area contributed by atoms with Gasteiger partial charge in [-0.1, -0.05) is 0 Å². The van der Waals surface area contributed by atoms with Gasteiger partial charge in [0.2, 0.25) is 11.8 Å². The molecule has 0 aliphatic carbocycles. The third-order valence-corrected chi connectivity index (χ3v) is 2.90. The highest BCUT2D eigenvalue weighted by molar-refractivity contribution is 5.66. The van der Waals surface area contributed by atoms with Gasteiger partial charge >= 0.3 is 5.97 Å². The lowest BCUT2D eigenvalue weighted by molar-refractivity contribution is -0.384. The molecule has 1 aromatic carbocycles. The highest BCUT2D eigenvalue weighted by atomic mass is 16.6. The molecule has 0 radical (unpaired) electrons. The van der Waals surface area contributed by atoms with Gasteiger partial charge in [-0.2, -0.15) is 0 Å². The molecule has 1 aromatic heterocycles. The van der Waals surface area contributed by atoms with E-state index >= 15 is 0 Å². The molecule has 8 heteroatoms. The second-order valence-electron chi connectivity index (χ2n) is 4.50. The van der Waals surface area contributed by atoms with Crippen LogP contribution in [0, 0.1) is 17.0 Å². The van der Waals surface area contributed by atoms with Crippen molar-refractivity contribution in [2.75, 3.05) is 0 Å². The summed E-state index contributed by atoms with van der Waals surface area (Å²) in [5, 5.41) is 27.0. The first-order valence-corrected chi connectivity index (χ1v) is 6.27. The van der Waals surface area contributed by atoms with Crippen molar-refractivity contribution in [3.63, 3.8) is 0 Å². The fourth-order valence-electron chi connectivity index (χ4n) is 1.86. The molecule has 0 unspecified atom stereocenters. The number of nitro groups is 1. The molecule has 0 saturated carbocycles. The second kappa shape index (κ2) is 6.12. The van der Waals surface area contributed by atoms with Gasteiger partial charge in [0, 0.05) is 30.5 Å². The Bertz CT molecular complexity index is 680. The normalized spacial score (nSPS) is 10.5.